The summed E-state index contributed by atoms with van der Waals surface area (Å²) in [5.74, 6) is 1.34. The Morgan fingerprint density at radius 1 is 1.10 bits per heavy atom. The SMILES string of the molecule is CCc1cc(Oc2ccc([C@@H](C)N)cc2Cl)ccc1Cl. The second-order valence-corrected chi connectivity index (χ2v) is 5.50. The van der Waals surface area contributed by atoms with Gasteiger partial charge in [-0.2, -0.15) is 0 Å². The molecule has 0 saturated carbocycles. The van der Waals surface area contributed by atoms with Gasteiger partial charge in [0.1, 0.15) is 11.5 Å². The highest BCUT2D eigenvalue weighted by Crippen LogP contribution is 2.32. The maximum Gasteiger partial charge on any atom is 0.146 e. The molecule has 0 spiro atoms. The highest BCUT2D eigenvalue weighted by Gasteiger charge is 2.08. The standard InChI is InChI=1S/C16H17Cl2NO/c1-3-11-8-13(5-6-14(11)17)20-16-7-4-12(10(2)19)9-15(16)18/h4-10H,3,19H2,1-2H3/t10-/m1/s1. The van der Waals surface area contributed by atoms with Gasteiger partial charge in [-0.05, 0) is 54.8 Å². The van der Waals surface area contributed by atoms with Gasteiger partial charge >= 0.3 is 0 Å². The Kier molecular flexibility index (Phi) is 4.92. The summed E-state index contributed by atoms with van der Waals surface area (Å²) in [5, 5.41) is 1.30. The highest BCUT2D eigenvalue weighted by atomic mass is 35.5. The Labute approximate surface area is 129 Å². The zero-order valence-corrected chi connectivity index (χ0v) is 13.0. The molecule has 0 aromatic heterocycles. The normalized spacial score (nSPS) is 12.2. The van der Waals surface area contributed by atoms with Crippen molar-refractivity contribution in [3.63, 3.8) is 0 Å². The van der Waals surface area contributed by atoms with Gasteiger partial charge in [-0.3, -0.25) is 0 Å². The smallest absolute Gasteiger partial charge is 0.146 e. The molecular weight excluding hydrogens is 293 g/mol. The van der Waals surface area contributed by atoms with Gasteiger partial charge in [0, 0.05) is 11.1 Å². The molecule has 0 saturated heterocycles. The number of benzene rings is 2. The third-order valence-corrected chi connectivity index (χ3v) is 3.77. The minimum Gasteiger partial charge on any atom is -0.456 e. The van der Waals surface area contributed by atoms with Gasteiger partial charge in [0.25, 0.3) is 0 Å². The maximum atomic E-state index is 6.22. The summed E-state index contributed by atoms with van der Waals surface area (Å²) in [7, 11) is 0. The van der Waals surface area contributed by atoms with Crippen molar-refractivity contribution in [3.05, 3.63) is 57.6 Å². The lowest BCUT2D eigenvalue weighted by Gasteiger charge is -2.12. The van der Waals surface area contributed by atoms with Gasteiger partial charge in [-0.15, -0.1) is 0 Å². The molecule has 0 fully saturated rings. The third kappa shape index (κ3) is 3.45. The second-order valence-electron chi connectivity index (χ2n) is 4.69. The first-order valence-corrected chi connectivity index (χ1v) is 7.28. The lowest BCUT2D eigenvalue weighted by Crippen LogP contribution is -2.04. The van der Waals surface area contributed by atoms with E-state index in [-0.39, 0.29) is 6.04 Å². The molecule has 2 rings (SSSR count). The number of nitrogens with two attached hydrogens (primary N) is 1. The molecule has 0 aliphatic rings. The monoisotopic (exact) mass is 309 g/mol. The van der Waals surface area contributed by atoms with Crippen LogP contribution in [0.2, 0.25) is 10.0 Å². The zero-order chi connectivity index (χ0) is 14.7. The first-order valence-electron chi connectivity index (χ1n) is 6.52. The third-order valence-electron chi connectivity index (χ3n) is 3.11. The average molecular weight is 310 g/mol. The summed E-state index contributed by atoms with van der Waals surface area (Å²) < 4.78 is 5.81. The van der Waals surface area contributed by atoms with E-state index < -0.39 is 0 Å². The molecule has 0 aliphatic heterocycles. The summed E-state index contributed by atoms with van der Waals surface area (Å²) >= 11 is 12.3. The summed E-state index contributed by atoms with van der Waals surface area (Å²) in [4.78, 5) is 0. The Morgan fingerprint density at radius 2 is 1.85 bits per heavy atom. The highest BCUT2D eigenvalue weighted by molar-refractivity contribution is 6.32. The molecule has 2 nitrogen and oxygen atoms in total. The van der Waals surface area contributed by atoms with Gasteiger partial charge in [-0.1, -0.05) is 36.2 Å². The summed E-state index contributed by atoms with van der Waals surface area (Å²) in [5.41, 5.74) is 7.85. The molecule has 1 atom stereocenters. The molecule has 0 aliphatic carbocycles. The van der Waals surface area contributed by atoms with Crippen LogP contribution in [0.1, 0.15) is 31.0 Å². The van der Waals surface area contributed by atoms with Gasteiger partial charge in [0.2, 0.25) is 0 Å². The van der Waals surface area contributed by atoms with Crippen molar-refractivity contribution in [3.8, 4) is 11.5 Å². The van der Waals surface area contributed by atoms with E-state index in [1.807, 2.05) is 43.3 Å². The van der Waals surface area contributed by atoms with Crippen LogP contribution in [0.3, 0.4) is 0 Å². The minimum atomic E-state index is -0.0521. The molecular formula is C16H17Cl2NO. The molecule has 2 N–H and O–H groups in total. The minimum absolute atomic E-state index is 0.0521. The molecule has 2 aromatic carbocycles. The van der Waals surface area contributed by atoms with Crippen LogP contribution in [0, 0.1) is 0 Å². The van der Waals surface area contributed by atoms with E-state index in [2.05, 4.69) is 6.92 Å². The topological polar surface area (TPSA) is 35.2 Å². The summed E-state index contributed by atoms with van der Waals surface area (Å²) in [6, 6.07) is 11.1. The molecule has 106 valence electrons. The van der Waals surface area contributed by atoms with Crippen LogP contribution >= 0.6 is 23.2 Å². The zero-order valence-electron chi connectivity index (χ0n) is 11.5. The van der Waals surface area contributed by atoms with E-state index >= 15 is 0 Å². The van der Waals surface area contributed by atoms with Crippen LogP contribution in [0.15, 0.2) is 36.4 Å². The van der Waals surface area contributed by atoms with Crippen molar-refractivity contribution in [1.29, 1.82) is 0 Å². The average Bonchev–Trinajstić information content (AvgIpc) is 2.42. The van der Waals surface area contributed by atoms with Gasteiger partial charge < -0.3 is 10.5 Å². The van der Waals surface area contributed by atoms with Crippen molar-refractivity contribution in [1.82, 2.24) is 0 Å². The quantitative estimate of drug-likeness (QED) is 0.824. The van der Waals surface area contributed by atoms with E-state index in [4.69, 9.17) is 33.7 Å². The number of aryl methyl sites for hydroxylation is 1. The number of halogens is 2. The Balaban J connectivity index is 2.26. The Hall–Kier alpha value is -1.22. The van der Waals surface area contributed by atoms with Gasteiger partial charge in [-0.25, -0.2) is 0 Å². The van der Waals surface area contributed by atoms with Crippen molar-refractivity contribution < 1.29 is 4.74 Å². The van der Waals surface area contributed by atoms with Crippen LogP contribution in [0.25, 0.3) is 0 Å². The predicted molar refractivity (Wildman–Crippen MR) is 85.0 cm³/mol. The molecule has 0 amide bonds. The molecule has 20 heavy (non-hydrogen) atoms. The summed E-state index contributed by atoms with van der Waals surface area (Å²) in [6.07, 6.45) is 0.855. The van der Waals surface area contributed by atoms with E-state index in [1.165, 1.54) is 0 Å². The molecule has 0 unspecified atom stereocenters. The fourth-order valence-electron chi connectivity index (χ4n) is 1.90. The maximum absolute atomic E-state index is 6.22. The lowest BCUT2D eigenvalue weighted by molar-refractivity contribution is 0.482. The molecule has 0 bridgehead atoms. The molecule has 2 aromatic rings. The van der Waals surface area contributed by atoms with Crippen LogP contribution in [-0.4, -0.2) is 0 Å². The lowest BCUT2D eigenvalue weighted by atomic mass is 10.1. The van der Waals surface area contributed by atoms with E-state index in [9.17, 15) is 0 Å². The van der Waals surface area contributed by atoms with Crippen LogP contribution in [0.5, 0.6) is 11.5 Å². The largest absolute Gasteiger partial charge is 0.456 e. The van der Waals surface area contributed by atoms with Crippen molar-refractivity contribution in [2.75, 3.05) is 0 Å². The number of ether oxygens (including phenoxy) is 1. The van der Waals surface area contributed by atoms with Crippen molar-refractivity contribution in [2.24, 2.45) is 5.73 Å². The number of hydrogen-bond acceptors (Lipinski definition) is 2. The van der Waals surface area contributed by atoms with E-state index in [1.54, 1.807) is 0 Å². The van der Waals surface area contributed by atoms with Gasteiger partial charge in [0.05, 0.1) is 5.02 Å². The van der Waals surface area contributed by atoms with Crippen molar-refractivity contribution in [2.45, 2.75) is 26.3 Å². The summed E-state index contributed by atoms with van der Waals surface area (Å²) in [6.45, 7) is 3.97. The molecule has 0 heterocycles. The first kappa shape index (κ1) is 15.2. The van der Waals surface area contributed by atoms with Crippen LogP contribution in [-0.2, 0) is 6.42 Å². The Morgan fingerprint density at radius 3 is 2.45 bits per heavy atom. The predicted octanol–water partition coefficient (Wildman–Crippen LogP) is 5.37. The first-order chi connectivity index (χ1) is 9.51. The molecule has 4 heteroatoms. The molecule has 0 radical (unpaired) electrons. The van der Waals surface area contributed by atoms with Crippen LogP contribution < -0.4 is 10.5 Å². The van der Waals surface area contributed by atoms with E-state index in [0.717, 1.165) is 28.3 Å². The van der Waals surface area contributed by atoms with Crippen LogP contribution in [0.4, 0.5) is 0 Å². The second kappa shape index (κ2) is 6.49. The van der Waals surface area contributed by atoms with Crippen molar-refractivity contribution >= 4 is 23.2 Å². The fraction of sp³-hybridized carbons (Fsp3) is 0.250. The van der Waals surface area contributed by atoms with E-state index in [0.29, 0.717) is 10.8 Å². The van der Waals surface area contributed by atoms with Gasteiger partial charge in [0.15, 0.2) is 0 Å². The number of hydrogen-bond donors (Lipinski definition) is 1. The fourth-order valence-corrected chi connectivity index (χ4v) is 2.37. The number of rotatable bonds is 4. The Bertz CT molecular complexity index is 611.